The normalized spacial score (nSPS) is 19.4. The summed E-state index contributed by atoms with van der Waals surface area (Å²) < 4.78 is 7.38. The van der Waals surface area contributed by atoms with E-state index in [4.69, 9.17) is 4.52 Å². The van der Waals surface area contributed by atoms with Crippen LogP contribution in [0.4, 0.5) is 0 Å². The molecular weight excluding hydrogens is 270 g/mol. The van der Waals surface area contributed by atoms with Crippen LogP contribution in [0.1, 0.15) is 24.5 Å². The number of aryl methyl sites for hydroxylation is 1. The third-order valence-electron chi connectivity index (χ3n) is 4.10. The molecule has 0 radical (unpaired) electrons. The molecule has 2 aromatic heterocycles. The summed E-state index contributed by atoms with van der Waals surface area (Å²) in [5.74, 6) is -0.960. The first-order chi connectivity index (χ1) is 10.1. The molecule has 0 aliphatic carbocycles. The molecule has 106 valence electrons. The maximum atomic E-state index is 12.1. The number of amides is 2. The number of imide groups is 1. The largest absolute Gasteiger partial charge is 0.356 e. The summed E-state index contributed by atoms with van der Waals surface area (Å²) in [5, 5.41) is 8.34. The molecule has 1 aromatic carbocycles. The van der Waals surface area contributed by atoms with Crippen molar-refractivity contribution in [2.24, 2.45) is 7.05 Å². The van der Waals surface area contributed by atoms with E-state index in [1.54, 1.807) is 0 Å². The van der Waals surface area contributed by atoms with E-state index in [0.29, 0.717) is 24.1 Å². The second-order valence-electron chi connectivity index (χ2n) is 5.37. The van der Waals surface area contributed by atoms with Crippen LogP contribution >= 0.6 is 0 Å². The van der Waals surface area contributed by atoms with E-state index in [1.807, 2.05) is 36.0 Å². The summed E-state index contributed by atoms with van der Waals surface area (Å²) in [6.45, 7) is 0. The lowest BCUT2D eigenvalue weighted by Gasteiger charge is -2.18. The van der Waals surface area contributed by atoms with Gasteiger partial charge in [0.25, 0.3) is 0 Å². The van der Waals surface area contributed by atoms with Gasteiger partial charge in [-0.15, -0.1) is 0 Å². The van der Waals surface area contributed by atoms with Crippen molar-refractivity contribution in [1.82, 2.24) is 15.0 Å². The zero-order valence-corrected chi connectivity index (χ0v) is 11.4. The fourth-order valence-electron chi connectivity index (χ4n) is 3.01. The Morgan fingerprint density at radius 2 is 2.19 bits per heavy atom. The Labute approximate surface area is 119 Å². The van der Waals surface area contributed by atoms with Gasteiger partial charge in [0.15, 0.2) is 5.58 Å². The quantitative estimate of drug-likeness (QED) is 0.691. The summed E-state index contributed by atoms with van der Waals surface area (Å²) in [5.41, 5.74) is 2.33. The van der Waals surface area contributed by atoms with Gasteiger partial charge in [-0.2, -0.15) is 0 Å². The van der Waals surface area contributed by atoms with Crippen LogP contribution in [-0.2, 0) is 16.6 Å². The van der Waals surface area contributed by atoms with Crippen molar-refractivity contribution in [3.63, 3.8) is 0 Å². The molecule has 0 bridgehead atoms. The first kappa shape index (κ1) is 12.1. The highest BCUT2D eigenvalue weighted by Crippen LogP contribution is 2.35. The second-order valence-corrected chi connectivity index (χ2v) is 5.37. The molecule has 3 heterocycles. The number of hydrogen-bond acceptors (Lipinski definition) is 4. The van der Waals surface area contributed by atoms with Gasteiger partial charge in [0, 0.05) is 30.6 Å². The monoisotopic (exact) mass is 283 g/mol. The minimum atomic E-state index is -0.435. The van der Waals surface area contributed by atoms with Crippen LogP contribution in [0.5, 0.6) is 0 Å². The summed E-state index contributed by atoms with van der Waals surface area (Å²) in [6.07, 6.45) is 2.76. The molecule has 1 atom stereocenters. The van der Waals surface area contributed by atoms with Gasteiger partial charge in [0.05, 0.1) is 11.3 Å². The molecule has 6 nitrogen and oxygen atoms in total. The van der Waals surface area contributed by atoms with Gasteiger partial charge >= 0.3 is 0 Å². The maximum absolute atomic E-state index is 12.1. The minimum Gasteiger partial charge on any atom is -0.356 e. The molecule has 0 spiro atoms. The topological polar surface area (TPSA) is 77.1 Å². The van der Waals surface area contributed by atoms with Gasteiger partial charge in [0.1, 0.15) is 5.69 Å². The van der Waals surface area contributed by atoms with E-state index in [-0.39, 0.29) is 11.8 Å². The smallest absolute Gasteiger partial charge is 0.235 e. The summed E-state index contributed by atoms with van der Waals surface area (Å²) in [6, 6.07) is 5.82. The SMILES string of the molecule is Cn1ccc2c3c([C@@H]4CCC(=O)NC4=O)noc3ccc21. The van der Waals surface area contributed by atoms with E-state index < -0.39 is 5.92 Å². The fourth-order valence-corrected chi connectivity index (χ4v) is 3.01. The van der Waals surface area contributed by atoms with Crippen molar-refractivity contribution >= 4 is 33.7 Å². The minimum absolute atomic E-state index is 0.228. The second kappa shape index (κ2) is 4.18. The van der Waals surface area contributed by atoms with Gasteiger partial charge in [-0.05, 0) is 24.6 Å². The van der Waals surface area contributed by atoms with Crippen LogP contribution in [0.2, 0.25) is 0 Å². The van der Waals surface area contributed by atoms with Crippen LogP contribution in [0, 0.1) is 0 Å². The van der Waals surface area contributed by atoms with Crippen LogP contribution in [-0.4, -0.2) is 21.5 Å². The van der Waals surface area contributed by atoms with E-state index in [2.05, 4.69) is 10.5 Å². The van der Waals surface area contributed by atoms with E-state index >= 15 is 0 Å². The first-order valence-electron chi connectivity index (χ1n) is 6.82. The molecule has 0 unspecified atom stereocenters. The van der Waals surface area contributed by atoms with Crippen molar-refractivity contribution in [3.8, 4) is 0 Å². The molecular formula is C15H13N3O3. The Morgan fingerprint density at radius 3 is 3.00 bits per heavy atom. The molecule has 1 aliphatic rings. The Balaban J connectivity index is 1.95. The average Bonchev–Trinajstić information content (AvgIpc) is 3.03. The van der Waals surface area contributed by atoms with E-state index in [0.717, 1.165) is 16.3 Å². The van der Waals surface area contributed by atoms with E-state index in [9.17, 15) is 9.59 Å². The molecule has 1 N–H and O–H groups in total. The number of nitrogens with one attached hydrogen (secondary N) is 1. The lowest BCUT2D eigenvalue weighted by Crippen LogP contribution is -2.39. The molecule has 1 saturated heterocycles. The lowest BCUT2D eigenvalue weighted by atomic mass is 9.92. The Bertz CT molecular complexity index is 890. The number of piperidine rings is 1. The first-order valence-corrected chi connectivity index (χ1v) is 6.82. The fraction of sp³-hybridized carbons (Fsp3) is 0.267. The number of hydrogen-bond donors (Lipinski definition) is 1. The maximum Gasteiger partial charge on any atom is 0.235 e. The predicted octanol–water partition coefficient (Wildman–Crippen LogP) is 1.84. The summed E-state index contributed by atoms with van der Waals surface area (Å²) >= 11 is 0. The number of carbonyl (C=O) groups is 2. The Kier molecular flexibility index (Phi) is 2.42. The zero-order valence-electron chi connectivity index (χ0n) is 11.4. The molecule has 21 heavy (non-hydrogen) atoms. The third-order valence-corrected chi connectivity index (χ3v) is 4.10. The highest BCUT2D eigenvalue weighted by atomic mass is 16.5. The zero-order chi connectivity index (χ0) is 14.6. The van der Waals surface area contributed by atoms with Gasteiger partial charge in [-0.3, -0.25) is 14.9 Å². The summed E-state index contributed by atoms with van der Waals surface area (Å²) in [4.78, 5) is 23.4. The van der Waals surface area contributed by atoms with Gasteiger partial charge < -0.3 is 9.09 Å². The van der Waals surface area contributed by atoms with Crippen LogP contribution in [0.3, 0.4) is 0 Å². The highest BCUT2D eigenvalue weighted by Gasteiger charge is 2.32. The molecule has 1 aliphatic heterocycles. The standard InChI is InChI=1S/C15H13N3O3/c1-18-7-6-8-10(18)3-4-11-13(8)14(17-21-11)9-2-5-12(19)16-15(9)20/h3-4,6-7,9H,2,5H2,1H3,(H,16,19,20)/t9-/m0/s1. The predicted molar refractivity (Wildman–Crippen MR) is 75.6 cm³/mol. The third kappa shape index (κ3) is 1.68. The van der Waals surface area contributed by atoms with Gasteiger partial charge in [0.2, 0.25) is 11.8 Å². The number of benzene rings is 1. The molecule has 4 rings (SSSR count). The summed E-state index contributed by atoms with van der Waals surface area (Å²) in [7, 11) is 1.97. The number of aromatic nitrogens is 2. The number of carbonyl (C=O) groups excluding carboxylic acids is 2. The molecule has 0 saturated carbocycles. The number of rotatable bonds is 1. The van der Waals surface area contributed by atoms with Crippen molar-refractivity contribution < 1.29 is 14.1 Å². The molecule has 6 heteroatoms. The van der Waals surface area contributed by atoms with Crippen molar-refractivity contribution in [2.45, 2.75) is 18.8 Å². The lowest BCUT2D eigenvalue weighted by molar-refractivity contribution is -0.134. The van der Waals surface area contributed by atoms with Gasteiger partial charge in [-0.1, -0.05) is 5.16 Å². The molecule has 1 fully saturated rings. The Hall–Kier alpha value is -2.63. The van der Waals surface area contributed by atoms with Crippen LogP contribution < -0.4 is 5.32 Å². The van der Waals surface area contributed by atoms with Crippen molar-refractivity contribution in [3.05, 3.63) is 30.1 Å². The average molecular weight is 283 g/mol. The van der Waals surface area contributed by atoms with E-state index in [1.165, 1.54) is 0 Å². The van der Waals surface area contributed by atoms with Crippen LogP contribution in [0.15, 0.2) is 28.9 Å². The highest BCUT2D eigenvalue weighted by molar-refractivity contribution is 6.09. The molecule has 3 aromatic rings. The number of fused-ring (bicyclic) bond motifs is 3. The van der Waals surface area contributed by atoms with Gasteiger partial charge in [-0.25, -0.2) is 0 Å². The van der Waals surface area contributed by atoms with Crippen molar-refractivity contribution in [2.75, 3.05) is 0 Å². The molecule has 2 amide bonds. The Morgan fingerprint density at radius 1 is 1.33 bits per heavy atom. The van der Waals surface area contributed by atoms with Crippen LogP contribution in [0.25, 0.3) is 21.9 Å². The van der Waals surface area contributed by atoms with Crippen molar-refractivity contribution in [1.29, 1.82) is 0 Å². The number of nitrogens with zero attached hydrogens (tertiary/aromatic N) is 2.